The molecule has 2 atom stereocenters. The Labute approximate surface area is 103 Å². The zero-order chi connectivity index (χ0) is 11.7. The molecule has 1 aliphatic carbocycles. The van der Waals surface area contributed by atoms with Crippen molar-refractivity contribution in [2.24, 2.45) is 5.92 Å². The van der Waals surface area contributed by atoms with Gasteiger partial charge >= 0.3 is 0 Å². The first kappa shape index (κ1) is 11.2. The Kier molecular flexibility index (Phi) is 3.12. The van der Waals surface area contributed by atoms with E-state index in [2.05, 4.69) is 28.4 Å². The molecule has 2 aliphatic rings. The summed E-state index contributed by atoms with van der Waals surface area (Å²) in [6.07, 6.45) is 4.28. The highest BCUT2D eigenvalue weighted by Gasteiger charge is 2.37. The van der Waals surface area contributed by atoms with Crippen molar-refractivity contribution in [1.29, 1.82) is 0 Å². The van der Waals surface area contributed by atoms with Crippen molar-refractivity contribution >= 4 is 0 Å². The highest BCUT2D eigenvalue weighted by molar-refractivity contribution is 5.12. The molecule has 1 aromatic rings. The molecule has 1 saturated heterocycles. The summed E-state index contributed by atoms with van der Waals surface area (Å²) >= 11 is 0. The van der Waals surface area contributed by atoms with Gasteiger partial charge in [0, 0.05) is 25.7 Å². The van der Waals surface area contributed by atoms with Gasteiger partial charge in [0.25, 0.3) is 0 Å². The van der Waals surface area contributed by atoms with Crippen LogP contribution in [0.4, 0.5) is 0 Å². The number of piperidine rings is 1. The summed E-state index contributed by atoms with van der Waals surface area (Å²) in [6, 6.07) is 7.22. The summed E-state index contributed by atoms with van der Waals surface area (Å²) < 4.78 is 0. The van der Waals surface area contributed by atoms with Gasteiger partial charge in [-0.05, 0) is 44.4 Å². The Bertz CT molecular complexity index is 391. The van der Waals surface area contributed by atoms with E-state index >= 15 is 0 Å². The normalized spacial score (nSPS) is 27.8. The molecule has 0 radical (unpaired) electrons. The summed E-state index contributed by atoms with van der Waals surface area (Å²) in [7, 11) is 1.97. The molecular formula is C14H21N3. The predicted molar refractivity (Wildman–Crippen MR) is 68.5 cm³/mol. The molecule has 2 unspecified atom stereocenters. The Balaban J connectivity index is 1.66. The SMILES string of the molecule is CNCc1cccc(CN2CC3CCC2C3)n1. The lowest BCUT2D eigenvalue weighted by Gasteiger charge is -2.26. The number of fused-ring (bicyclic) bond motifs is 2. The molecule has 1 saturated carbocycles. The quantitative estimate of drug-likeness (QED) is 0.856. The average Bonchev–Trinajstić information content (AvgIpc) is 2.92. The van der Waals surface area contributed by atoms with Gasteiger partial charge in [-0.1, -0.05) is 6.07 Å². The molecule has 1 aromatic heterocycles. The minimum absolute atomic E-state index is 0.842. The fourth-order valence-electron chi connectivity index (χ4n) is 3.33. The predicted octanol–water partition coefficient (Wildman–Crippen LogP) is 1.79. The molecule has 0 amide bonds. The van der Waals surface area contributed by atoms with Crippen LogP contribution in [0.2, 0.25) is 0 Å². The van der Waals surface area contributed by atoms with Crippen LogP contribution in [0.1, 0.15) is 30.7 Å². The number of rotatable bonds is 4. The topological polar surface area (TPSA) is 28.2 Å². The zero-order valence-corrected chi connectivity index (χ0v) is 10.5. The van der Waals surface area contributed by atoms with Crippen LogP contribution >= 0.6 is 0 Å². The maximum atomic E-state index is 4.71. The van der Waals surface area contributed by atoms with Crippen molar-refractivity contribution in [2.45, 2.75) is 38.4 Å². The van der Waals surface area contributed by atoms with E-state index in [4.69, 9.17) is 4.98 Å². The number of aromatic nitrogens is 1. The first-order valence-electron chi connectivity index (χ1n) is 6.68. The van der Waals surface area contributed by atoms with Crippen LogP contribution in [-0.4, -0.2) is 29.5 Å². The average molecular weight is 231 g/mol. The number of hydrogen-bond donors (Lipinski definition) is 1. The van der Waals surface area contributed by atoms with Gasteiger partial charge in [-0.2, -0.15) is 0 Å². The molecule has 92 valence electrons. The van der Waals surface area contributed by atoms with Crippen molar-refractivity contribution in [2.75, 3.05) is 13.6 Å². The fourth-order valence-corrected chi connectivity index (χ4v) is 3.33. The van der Waals surface area contributed by atoms with Gasteiger partial charge < -0.3 is 5.32 Å². The van der Waals surface area contributed by atoms with Gasteiger partial charge in [0.15, 0.2) is 0 Å². The lowest BCUT2D eigenvalue weighted by atomic mass is 10.1. The van der Waals surface area contributed by atoms with E-state index in [1.165, 1.54) is 31.5 Å². The summed E-state index contributed by atoms with van der Waals surface area (Å²) in [5.74, 6) is 0.973. The first-order chi connectivity index (χ1) is 8.35. The minimum atomic E-state index is 0.842. The van der Waals surface area contributed by atoms with E-state index in [-0.39, 0.29) is 0 Å². The van der Waals surface area contributed by atoms with Crippen molar-refractivity contribution < 1.29 is 0 Å². The smallest absolute Gasteiger partial charge is 0.0547 e. The molecule has 0 spiro atoms. The molecule has 17 heavy (non-hydrogen) atoms. The van der Waals surface area contributed by atoms with Crippen molar-refractivity contribution in [3.8, 4) is 0 Å². The standard InChI is InChI=1S/C14H21N3/c1-15-8-12-3-2-4-13(16-12)10-17-9-11-5-6-14(17)7-11/h2-4,11,14-15H,5-10H2,1H3. The molecule has 2 bridgehead atoms. The molecule has 0 aromatic carbocycles. The monoisotopic (exact) mass is 231 g/mol. The Morgan fingerprint density at radius 3 is 2.94 bits per heavy atom. The lowest BCUT2D eigenvalue weighted by Crippen LogP contribution is -2.31. The third-order valence-corrected chi connectivity index (χ3v) is 4.11. The van der Waals surface area contributed by atoms with Crippen LogP contribution < -0.4 is 5.32 Å². The van der Waals surface area contributed by atoms with Gasteiger partial charge in [0.1, 0.15) is 0 Å². The molecule has 3 rings (SSSR count). The molecule has 2 fully saturated rings. The zero-order valence-electron chi connectivity index (χ0n) is 10.5. The second-order valence-electron chi connectivity index (χ2n) is 5.41. The van der Waals surface area contributed by atoms with Crippen LogP contribution in [0, 0.1) is 5.92 Å². The minimum Gasteiger partial charge on any atom is -0.314 e. The third-order valence-electron chi connectivity index (χ3n) is 4.11. The first-order valence-corrected chi connectivity index (χ1v) is 6.68. The van der Waals surface area contributed by atoms with Gasteiger partial charge in [-0.3, -0.25) is 9.88 Å². The van der Waals surface area contributed by atoms with Crippen molar-refractivity contribution in [3.63, 3.8) is 0 Å². The van der Waals surface area contributed by atoms with Gasteiger partial charge in [0.05, 0.1) is 11.4 Å². The molecule has 2 heterocycles. The van der Waals surface area contributed by atoms with Crippen LogP contribution in [0.3, 0.4) is 0 Å². The molecule has 1 N–H and O–H groups in total. The Morgan fingerprint density at radius 2 is 2.24 bits per heavy atom. The number of likely N-dealkylation sites (tertiary alicyclic amines) is 1. The highest BCUT2D eigenvalue weighted by atomic mass is 15.2. The second-order valence-corrected chi connectivity index (χ2v) is 5.41. The summed E-state index contributed by atoms with van der Waals surface area (Å²) in [5, 5.41) is 3.16. The number of pyridine rings is 1. The highest BCUT2D eigenvalue weighted by Crippen LogP contribution is 2.37. The van der Waals surface area contributed by atoms with E-state index in [0.717, 1.165) is 30.7 Å². The summed E-state index contributed by atoms with van der Waals surface area (Å²) in [4.78, 5) is 7.33. The number of nitrogens with zero attached hydrogens (tertiary/aromatic N) is 2. The van der Waals surface area contributed by atoms with Crippen LogP contribution in [0.5, 0.6) is 0 Å². The van der Waals surface area contributed by atoms with E-state index in [1.807, 2.05) is 7.05 Å². The Morgan fingerprint density at radius 1 is 1.35 bits per heavy atom. The maximum Gasteiger partial charge on any atom is 0.0547 e. The van der Waals surface area contributed by atoms with E-state index in [1.54, 1.807) is 0 Å². The summed E-state index contributed by atoms with van der Waals surface area (Å²) in [6.45, 7) is 3.20. The largest absolute Gasteiger partial charge is 0.314 e. The lowest BCUT2D eigenvalue weighted by molar-refractivity contribution is 0.203. The van der Waals surface area contributed by atoms with Crippen molar-refractivity contribution in [3.05, 3.63) is 29.6 Å². The maximum absolute atomic E-state index is 4.71. The molecule has 1 aliphatic heterocycles. The van der Waals surface area contributed by atoms with Gasteiger partial charge in [-0.25, -0.2) is 0 Å². The van der Waals surface area contributed by atoms with E-state index < -0.39 is 0 Å². The van der Waals surface area contributed by atoms with Crippen molar-refractivity contribution in [1.82, 2.24) is 15.2 Å². The third kappa shape index (κ3) is 2.35. The Hall–Kier alpha value is -0.930. The van der Waals surface area contributed by atoms with Gasteiger partial charge in [-0.15, -0.1) is 0 Å². The van der Waals surface area contributed by atoms with Crippen LogP contribution in [0.25, 0.3) is 0 Å². The van der Waals surface area contributed by atoms with E-state index in [0.29, 0.717) is 0 Å². The van der Waals surface area contributed by atoms with E-state index in [9.17, 15) is 0 Å². The number of nitrogens with one attached hydrogen (secondary N) is 1. The fraction of sp³-hybridized carbons (Fsp3) is 0.643. The molecular weight excluding hydrogens is 210 g/mol. The van der Waals surface area contributed by atoms with Crippen LogP contribution in [0.15, 0.2) is 18.2 Å². The molecule has 3 heteroatoms. The number of hydrogen-bond acceptors (Lipinski definition) is 3. The molecule has 3 nitrogen and oxygen atoms in total. The summed E-state index contributed by atoms with van der Waals surface area (Å²) in [5.41, 5.74) is 2.37. The van der Waals surface area contributed by atoms with Gasteiger partial charge in [0.2, 0.25) is 0 Å². The van der Waals surface area contributed by atoms with Crippen LogP contribution in [-0.2, 0) is 13.1 Å². The second kappa shape index (κ2) is 4.75.